The molecule has 0 radical (unpaired) electrons. The van der Waals surface area contributed by atoms with Gasteiger partial charge in [0.2, 0.25) is 0 Å². The standard InChI is InChI=1S/C9H20N2O7P2/c1-3-5-8(10)6-11(4-2)7-9(12,19(13,14)15)20(16,17)18/h4,6,12H,2-3,5,7,10H2,1H3,(H2,13,14,15)(H2,16,17,18)/b8-6-. The first-order chi connectivity index (χ1) is 8.89. The van der Waals surface area contributed by atoms with E-state index in [0.717, 1.165) is 11.1 Å². The molecular formula is C9H20N2O7P2. The normalized spacial score (nSPS) is 14.2. The van der Waals surface area contributed by atoms with Crippen molar-refractivity contribution in [1.29, 1.82) is 0 Å². The number of hydrogen-bond donors (Lipinski definition) is 6. The predicted octanol–water partition coefficient (Wildman–Crippen LogP) is 0.0336. The summed E-state index contributed by atoms with van der Waals surface area (Å²) in [7, 11) is -11.0. The van der Waals surface area contributed by atoms with E-state index in [-0.39, 0.29) is 0 Å². The lowest BCUT2D eigenvalue weighted by Gasteiger charge is -2.32. The Labute approximate surface area is 116 Å². The first kappa shape index (κ1) is 19.3. The van der Waals surface area contributed by atoms with Crippen LogP contribution in [0, 0.1) is 0 Å². The van der Waals surface area contributed by atoms with Crippen LogP contribution in [0.4, 0.5) is 0 Å². The van der Waals surface area contributed by atoms with Gasteiger partial charge in [0.15, 0.2) is 0 Å². The number of nitrogens with zero attached hydrogens (tertiary/aromatic N) is 1. The number of aliphatic hydroxyl groups is 1. The molecular weight excluding hydrogens is 310 g/mol. The largest absolute Gasteiger partial charge is 0.401 e. The molecule has 0 aliphatic carbocycles. The molecule has 0 aromatic heterocycles. The Balaban J connectivity index is 5.48. The van der Waals surface area contributed by atoms with Crippen molar-refractivity contribution < 1.29 is 33.8 Å². The zero-order valence-corrected chi connectivity index (χ0v) is 12.7. The van der Waals surface area contributed by atoms with E-state index >= 15 is 0 Å². The van der Waals surface area contributed by atoms with Gasteiger partial charge in [-0.25, -0.2) is 0 Å². The smallest absolute Gasteiger partial charge is 0.371 e. The minimum absolute atomic E-state index is 0.311. The van der Waals surface area contributed by atoms with E-state index in [1.54, 1.807) is 0 Å². The van der Waals surface area contributed by atoms with Crippen molar-refractivity contribution in [3.8, 4) is 0 Å². The zero-order valence-electron chi connectivity index (χ0n) is 11.0. The molecule has 0 aliphatic rings. The maximum atomic E-state index is 11.2. The summed E-state index contributed by atoms with van der Waals surface area (Å²) in [5, 5.41) is 6.21. The highest BCUT2D eigenvalue weighted by Gasteiger charge is 2.60. The van der Waals surface area contributed by atoms with Gasteiger partial charge in [-0.1, -0.05) is 19.9 Å². The quantitative estimate of drug-likeness (QED) is 0.337. The molecule has 0 aliphatic heterocycles. The van der Waals surface area contributed by atoms with Gasteiger partial charge in [0.25, 0.3) is 5.08 Å². The van der Waals surface area contributed by atoms with Crippen molar-refractivity contribution >= 4 is 15.2 Å². The molecule has 0 aromatic carbocycles. The lowest BCUT2D eigenvalue weighted by atomic mass is 10.3. The fraction of sp³-hybridized carbons (Fsp3) is 0.556. The molecule has 0 amide bonds. The van der Waals surface area contributed by atoms with E-state index in [0.29, 0.717) is 18.5 Å². The molecule has 0 spiro atoms. The Hall–Kier alpha value is -0.660. The summed E-state index contributed by atoms with van der Waals surface area (Å²) in [6.07, 6.45) is 3.41. The summed E-state index contributed by atoms with van der Waals surface area (Å²) in [6, 6.07) is 0. The van der Waals surface area contributed by atoms with Gasteiger partial charge in [-0.15, -0.1) is 0 Å². The van der Waals surface area contributed by atoms with Crippen LogP contribution in [-0.4, -0.2) is 41.2 Å². The van der Waals surface area contributed by atoms with Gasteiger partial charge in [0, 0.05) is 11.9 Å². The molecule has 7 N–H and O–H groups in total. The fourth-order valence-electron chi connectivity index (χ4n) is 1.33. The molecule has 11 heteroatoms. The lowest BCUT2D eigenvalue weighted by molar-refractivity contribution is 0.113. The molecule has 0 aromatic rings. The second kappa shape index (κ2) is 6.87. The van der Waals surface area contributed by atoms with Gasteiger partial charge in [-0.05, 0) is 12.6 Å². The van der Waals surface area contributed by atoms with E-state index in [4.69, 9.17) is 25.3 Å². The average Bonchev–Trinajstić information content (AvgIpc) is 2.25. The van der Waals surface area contributed by atoms with Gasteiger partial charge in [0.05, 0.1) is 6.54 Å². The first-order valence-corrected chi connectivity index (χ1v) is 8.79. The van der Waals surface area contributed by atoms with Crippen LogP contribution in [0.25, 0.3) is 0 Å². The molecule has 0 rings (SSSR count). The maximum Gasteiger partial charge on any atom is 0.371 e. The van der Waals surface area contributed by atoms with Crippen molar-refractivity contribution in [3.63, 3.8) is 0 Å². The molecule has 0 unspecified atom stereocenters. The third kappa shape index (κ3) is 4.71. The minimum atomic E-state index is -5.50. The van der Waals surface area contributed by atoms with Gasteiger partial charge >= 0.3 is 15.2 Å². The first-order valence-electron chi connectivity index (χ1n) is 5.57. The van der Waals surface area contributed by atoms with Crippen molar-refractivity contribution in [2.75, 3.05) is 6.54 Å². The Morgan fingerprint density at radius 1 is 1.30 bits per heavy atom. The van der Waals surface area contributed by atoms with E-state index in [1.807, 2.05) is 6.92 Å². The van der Waals surface area contributed by atoms with Crippen molar-refractivity contribution in [1.82, 2.24) is 4.90 Å². The van der Waals surface area contributed by atoms with Gasteiger partial charge in [-0.2, -0.15) is 0 Å². The average molecular weight is 330 g/mol. The van der Waals surface area contributed by atoms with E-state index < -0.39 is 26.8 Å². The Morgan fingerprint density at radius 3 is 2.05 bits per heavy atom. The summed E-state index contributed by atoms with van der Waals surface area (Å²) in [5.41, 5.74) is 5.91. The fourth-order valence-corrected chi connectivity index (χ4v) is 3.38. The summed E-state index contributed by atoms with van der Waals surface area (Å²) in [4.78, 5) is 37.0. The molecule has 0 fully saturated rings. The van der Waals surface area contributed by atoms with E-state index in [1.165, 1.54) is 6.20 Å². The van der Waals surface area contributed by atoms with Crippen LogP contribution in [0.5, 0.6) is 0 Å². The summed E-state index contributed by atoms with van der Waals surface area (Å²) in [5.74, 6) is 0. The molecule has 20 heavy (non-hydrogen) atoms. The number of hydrogen-bond acceptors (Lipinski definition) is 5. The molecule has 0 saturated heterocycles. The number of rotatable bonds is 8. The van der Waals surface area contributed by atoms with Crippen molar-refractivity contribution in [3.05, 3.63) is 24.7 Å². The zero-order chi connectivity index (χ0) is 16.2. The summed E-state index contributed by atoms with van der Waals surface area (Å²) >= 11 is 0. The van der Waals surface area contributed by atoms with Crippen LogP contribution in [0.3, 0.4) is 0 Å². The highest BCUT2D eigenvalue weighted by atomic mass is 31.2. The van der Waals surface area contributed by atoms with Crippen LogP contribution in [0.15, 0.2) is 24.7 Å². The molecule has 118 valence electrons. The van der Waals surface area contributed by atoms with Crippen LogP contribution in [0.1, 0.15) is 19.8 Å². The predicted molar refractivity (Wildman–Crippen MR) is 73.1 cm³/mol. The molecule has 9 nitrogen and oxygen atoms in total. The molecule has 0 bridgehead atoms. The Morgan fingerprint density at radius 2 is 1.75 bits per heavy atom. The number of nitrogens with two attached hydrogens (primary N) is 1. The maximum absolute atomic E-state index is 11.2. The second-order valence-corrected chi connectivity index (χ2v) is 8.18. The highest BCUT2D eigenvalue weighted by molar-refractivity contribution is 7.72. The molecule has 0 heterocycles. The summed E-state index contributed by atoms with van der Waals surface area (Å²) < 4.78 is 22.4. The highest BCUT2D eigenvalue weighted by Crippen LogP contribution is 2.67. The Kier molecular flexibility index (Phi) is 6.64. The monoisotopic (exact) mass is 330 g/mol. The van der Waals surface area contributed by atoms with Crippen LogP contribution < -0.4 is 5.73 Å². The lowest BCUT2D eigenvalue weighted by Crippen LogP contribution is -2.39. The third-order valence-electron chi connectivity index (χ3n) is 2.43. The van der Waals surface area contributed by atoms with Crippen molar-refractivity contribution in [2.45, 2.75) is 24.8 Å². The second-order valence-electron chi connectivity index (χ2n) is 4.17. The topological polar surface area (TPSA) is 165 Å². The summed E-state index contributed by atoms with van der Waals surface area (Å²) in [6.45, 7) is 4.13. The van der Waals surface area contributed by atoms with Gasteiger partial charge < -0.3 is 35.3 Å². The van der Waals surface area contributed by atoms with Crippen LogP contribution >= 0.6 is 15.2 Å². The minimum Gasteiger partial charge on any atom is -0.401 e. The van der Waals surface area contributed by atoms with Crippen LogP contribution in [-0.2, 0) is 9.13 Å². The van der Waals surface area contributed by atoms with E-state index in [9.17, 15) is 14.2 Å². The molecule has 0 atom stereocenters. The molecule has 0 saturated carbocycles. The van der Waals surface area contributed by atoms with Gasteiger partial charge in [-0.3, -0.25) is 9.13 Å². The SMILES string of the molecule is C=CN(/C=C(\N)CCC)CC(O)(P(=O)(O)O)P(=O)(O)O. The Bertz CT molecular complexity index is 445. The van der Waals surface area contributed by atoms with Crippen LogP contribution in [0.2, 0.25) is 0 Å². The number of allylic oxidation sites excluding steroid dienone is 1. The van der Waals surface area contributed by atoms with Crippen molar-refractivity contribution in [2.24, 2.45) is 5.73 Å². The van der Waals surface area contributed by atoms with E-state index in [2.05, 4.69) is 6.58 Å². The third-order valence-corrected chi connectivity index (χ3v) is 6.14. The van der Waals surface area contributed by atoms with Gasteiger partial charge in [0.1, 0.15) is 0 Å².